The molecule has 0 N–H and O–H groups in total. The van der Waals surface area contributed by atoms with E-state index in [2.05, 4.69) is 6.92 Å². The maximum atomic E-state index is 11.8. The van der Waals surface area contributed by atoms with Crippen LogP contribution in [0.4, 0.5) is 43.2 Å². The fraction of sp³-hybridized carbons (Fsp3) is 0.821. The first-order valence-corrected chi connectivity index (χ1v) is 27.2. The summed E-state index contributed by atoms with van der Waals surface area (Å²) in [6.07, 6.45) is -12.4. The number of epoxide rings is 1. The van der Waals surface area contributed by atoms with Crippen molar-refractivity contribution in [1.82, 2.24) is 0 Å². The summed E-state index contributed by atoms with van der Waals surface area (Å²) in [6, 6.07) is 0. The standard InChI is InChI=1S/C18H32O9.2C17H30O9.C3H6O.CO2/c1-11(10-22-14(19)26-17(4,5)6)23-15(20)24-12(2)13(3)25-16(21)27-18(7,8)9;1-11(10-22-14(19)25-16(3,4)5)23-13(18)21-9-12(2)24-15(20)26-17(6,7)8;1-11(23-14(19)25-16(3,4)5)9-21-13(18)22-10-12(2)24-15(20)26-17(6,7)8;1-3-2-4-3;2-1-3/h11-13H,10H2,1-9H3;2*11-12H,9-10H2,1-8H3;3H,2H2,1H3;. The van der Waals surface area contributed by atoms with E-state index >= 15 is 0 Å². The van der Waals surface area contributed by atoms with Gasteiger partial charge in [0.25, 0.3) is 0 Å². The Bertz CT molecular complexity index is 2010. The van der Waals surface area contributed by atoms with Crippen LogP contribution in [0.5, 0.6) is 0 Å². The molecule has 1 rings (SSSR count). The maximum absolute atomic E-state index is 11.8. The zero-order valence-electron chi connectivity index (χ0n) is 55.1. The van der Waals surface area contributed by atoms with Gasteiger partial charge in [-0.05, 0) is 180 Å². The van der Waals surface area contributed by atoms with E-state index in [0.717, 1.165) is 6.61 Å². The third-order valence-electron chi connectivity index (χ3n) is 7.73. The minimum Gasteiger partial charge on any atom is -0.430 e. The van der Waals surface area contributed by atoms with Crippen molar-refractivity contribution in [2.45, 2.75) is 262 Å². The number of carbonyl (C=O) groups is 9. The Hall–Kier alpha value is -7.23. The van der Waals surface area contributed by atoms with Crippen molar-refractivity contribution in [1.29, 1.82) is 0 Å². The Morgan fingerprint density at radius 3 is 0.709 bits per heavy atom. The number of hydrogen-bond donors (Lipinski definition) is 0. The van der Waals surface area contributed by atoms with E-state index in [1.54, 1.807) is 132 Å². The summed E-state index contributed by atoms with van der Waals surface area (Å²) in [5.41, 5.74) is -4.09. The third kappa shape index (κ3) is 64.3. The van der Waals surface area contributed by atoms with E-state index in [4.69, 9.17) is 99.6 Å². The van der Waals surface area contributed by atoms with Crippen molar-refractivity contribution in [2.75, 3.05) is 39.6 Å². The summed E-state index contributed by atoms with van der Waals surface area (Å²) >= 11 is 0. The zero-order valence-corrected chi connectivity index (χ0v) is 55.1. The Labute approximate surface area is 505 Å². The van der Waals surface area contributed by atoms with Crippen molar-refractivity contribution in [3.8, 4) is 0 Å². The molecule has 0 radical (unpaired) electrons. The monoisotopic (exact) mass is 1250 g/mol. The predicted molar refractivity (Wildman–Crippen MR) is 298 cm³/mol. The quantitative estimate of drug-likeness (QED) is 0.0699. The number of ether oxygens (including phenoxy) is 19. The van der Waals surface area contributed by atoms with Crippen LogP contribution in [0.3, 0.4) is 0 Å². The molecule has 0 aromatic carbocycles. The van der Waals surface area contributed by atoms with Crippen molar-refractivity contribution in [3.63, 3.8) is 0 Å². The van der Waals surface area contributed by atoms with Crippen LogP contribution in [-0.4, -0.2) is 184 Å². The van der Waals surface area contributed by atoms with Gasteiger partial charge < -0.3 is 90.0 Å². The summed E-state index contributed by atoms with van der Waals surface area (Å²) in [5, 5.41) is 0. The first kappa shape index (κ1) is 85.2. The van der Waals surface area contributed by atoms with Crippen molar-refractivity contribution >= 4 is 61.5 Å². The molecule has 8 unspecified atom stereocenters. The molecule has 30 nitrogen and oxygen atoms in total. The molecule has 86 heavy (non-hydrogen) atoms. The molecule has 1 saturated heterocycles. The molecular weight excluding hydrogens is 1150 g/mol. The Morgan fingerprint density at radius 1 is 0.326 bits per heavy atom. The summed E-state index contributed by atoms with van der Waals surface area (Å²) in [4.78, 5) is 120. The number of rotatable bonds is 18. The third-order valence-corrected chi connectivity index (χ3v) is 7.73. The largest absolute Gasteiger partial charge is 0.509 e. The van der Waals surface area contributed by atoms with E-state index in [9.17, 15) is 43.2 Å². The molecule has 8 atom stereocenters. The minimum absolute atomic E-state index is 0.187. The predicted octanol–water partition coefficient (Wildman–Crippen LogP) is 11.7. The molecule has 0 amide bonds. The highest BCUT2D eigenvalue weighted by atomic mass is 16.8. The fourth-order valence-electron chi connectivity index (χ4n) is 4.27. The SMILES string of the molecule is CC(COC(=O)OC(C)(C)C)OC(=O)OC(C)C(C)OC(=O)OC(C)(C)C.CC(COC(=O)OC(C)(C)C)OC(=O)OCC(C)OC(=O)OC(C)(C)C.CC(COC(=O)OCC(C)OC(=O)OC(C)(C)C)OC(=O)OC(C)(C)C.CC1CO1.O=C=O. The minimum atomic E-state index is -0.984. The van der Waals surface area contributed by atoms with Crippen LogP contribution in [0.25, 0.3) is 0 Å². The van der Waals surface area contributed by atoms with Crippen LogP contribution in [0.15, 0.2) is 0 Å². The van der Waals surface area contributed by atoms with Gasteiger partial charge in [0.1, 0.15) is 109 Å². The zero-order chi connectivity index (χ0) is 68.2. The van der Waals surface area contributed by atoms with Crippen LogP contribution in [0, 0.1) is 0 Å². The summed E-state index contributed by atoms with van der Waals surface area (Å²) in [5.74, 6) is 0. The highest BCUT2D eigenvalue weighted by molar-refractivity contribution is 5.64. The maximum Gasteiger partial charge on any atom is 0.509 e. The second-order valence-corrected chi connectivity index (χ2v) is 24.6. The van der Waals surface area contributed by atoms with E-state index in [1.807, 2.05) is 0 Å². The summed E-state index contributed by atoms with van der Waals surface area (Å²) in [7, 11) is 0. The second-order valence-electron chi connectivity index (χ2n) is 24.6. The van der Waals surface area contributed by atoms with E-state index in [1.165, 1.54) is 41.5 Å². The van der Waals surface area contributed by atoms with Gasteiger partial charge in [0.05, 0.1) is 12.7 Å². The molecule has 0 spiro atoms. The highest BCUT2D eigenvalue weighted by Gasteiger charge is 2.28. The van der Waals surface area contributed by atoms with E-state index in [0.29, 0.717) is 6.10 Å². The van der Waals surface area contributed by atoms with Crippen molar-refractivity contribution < 1.29 is 143 Å². The molecule has 0 aromatic rings. The van der Waals surface area contributed by atoms with Crippen LogP contribution < -0.4 is 0 Å². The fourth-order valence-corrected chi connectivity index (χ4v) is 4.27. The smallest absolute Gasteiger partial charge is 0.430 e. The van der Waals surface area contributed by atoms with Gasteiger partial charge in [0.15, 0.2) is 0 Å². The number of hydrogen-bond acceptors (Lipinski definition) is 30. The van der Waals surface area contributed by atoms with Crippen LogP contribution in [0.2, 0.25) is 0 Å². The first-order valence-electron chi connectivity index (χ1n) is 27.2. The Morgan fingerprint density at radius 2 is 0.488 bits per heavy atom. The molecule has 502 valence electrons. The number of carbonyl (C=O) groups excluding carboxylic acids is 11. The normalized spacial score (nSPS) is 15.0. The van der Waals surface area contributed by atoms with Gasteiger partial charge >= 0.3 is 61.5 Å². The van der Waals surface area contributed by atoms with Gasteiger partial charge in [-0.1, -0.05) is 0 Å². The van der Waals surface area contributed by atoms with Gasteiger partial charge in [-0.15, -0.1) is 0 Å². The molecule has 0 bridgehead atoms. The second kappa shape index (κ2) is 41.0. The van der Waals surface area contributed by atoms with Crippen LogP contribution in [-0.2, 0) is 99.6 Å². The lowest BCUT2D eigenvalue weighted by atomic mass is 10.2. The lowest BCUT2D eigenvalue weighted by molar-refractivity contribution is -0.191. The highest BCUT2D eigenvalue weighted by Crippen LogP contribution is 2.16. The average Bonchev–Trinajstić information content (AvgIpc) is 4.15. The molecule has 0 saturated carbocycles. The van der Waals surface area contributed by atoms with Crippen molar-refractivity contribution in [2.24, 2.45) is 0 Å². The lowest BCUT2D eigenvalue weighted by Crippen LogP contribution is -2.34. The van der Waals surface area contributed by atoms with Crippen LogP contribution in [0.1, 0.15) is 180 Å². The lowest BCUT2D eigenvalue weighted by Gasteiger charge is -2.24. The topological polar surface area (TPSA) is 366 Å². The molecular formula is C56H98O30. The molecule has 0 aromatic heterocycles. The van der Waals surface area contributed by atoms with Crippen LogP contribution >= 0.6 is 0 Å². The first-order chi connectivity index (χ1) is 38.7. The molecule has 1 aliphatic rings. The summed E-state index contributed by atoms with van der Waals surface area (Å²) in [6.45, 7) is 43.4. The van der Waals surface area contributed by atoms with Crippen molar-refractivity contribution in [3.05, 3.63) is 0 Å². The molecule has 1 aliphatic heterocycles. The summed E-state index contributed by atoms with van der Waals surface area (Å²) < 4.78 is 93.4. The van der Waals surface area contributed by atoms with Gasteiger partial charge in [0.2, 0.25) is 0 Å². The van der Waals surface area contributed by atoms with E-state index in [-0.39, 0.29) is 39.2 Å². The average molecular weight is 1250 g/mol. The molecule has 1 fully saturated rings. The van der Waals surface area contributed by atoms with Gasteiger partial charge in [-0.25, -0.2) is 43.2 Å². The Kier molecular flexibility index (Phi) is 40.6. The molecule has 1 heterocycles. The van der Waals surface area contributed by atoms with Gasteiger partial charge in [0, 0.05) is 0 Å². The molecule has 0 aliphatic carbocycles. The molecule has 30 heteroatoms. The van der Waals surface area contributed by atoms with E-state index < -0.39 is 132 Å². The van der Waals surface area contributed by atoms with Gasteiger partial charge in [-0.3, -0.25) is 0 Å². The van der Waals surface area contributed by atoms with Gasteiger partial charge in [-0.2, -0.15) is 9.59 Å². The Balaban J connectivity index is -0.000000552.